The maximum Gasteiger partial charge on any atom is 0.317 e. The molecule has 0 aromatic heterocycles. The maximum atomic E-state index is 12.9. The fourth-order valence-electron chi connectivity index (χ4n) is 3.63. The molecule has 0 bridgehead atoms. The van der Waals surface area contributed by atoms with E-state index in [1.807, 2.05) is 31.2 Å². The number of urea groups is 1. The average Bonchev–Trinajstić information content (AvgIpc) is 2.68. The first-order chi connectivity index (χ1) is 13.0. The average molecular weight is 376 g/mol. The highest BCUT2D eigenvalue weighted by molar-refractivity contribution is 5.80. The molecule has 6 nitrogen and oxygen atoms in total. The lowest BCUT2D eigenvalue weighted by Gasteiger charge is -2.41. The van der Waals surface area contributed by atoms with Crippen LogP contribution in [0.2, 0.25) is 0 Å². The number of nitrogens with one attached hydrogen (secondary N) is 1. The van der Waals surface area contributed by atoms with Crippen LogP contribution >= 0.6 is 0 Å². The van der Waals surface area contributed by atoms with Crippen LogP contribution in [0.1, 0.15) is 45.1 Å². The number of likely N-dealkylation sites (tertiary alicyclic amines) is 1. The highest BCUT2D eigenvalue weighted by Gasteiger charge is 2.44. The van der Waals surface area contributed by atoms with Crippen LogP contribution in [-0.4, -0.2) is 50.3 Å². The number of esters is 1. The van der Waals surface area contributed by atoms with E-state index in [2.05, 4.69) is 12.2 Å². The van der Waals surface area contributed by atoms with Crippen molar-refractivity contribution in [1.82, 2.24) is 10.2 Å². The van der Waals surface area contributed by atoms with E-state index in [1.54, 1.807) is 12.0 Å². The van der Waals surface area contributed by atoms with Gasteiger partial charge in [-0.3, -0.25) is 4.79 Å². The minimum Gasteiger partial charge on any atom is -0.497 e. The van der Waals surface area contributed by atoms with Crippen LogP contribution in [-0.2, 0) is 16.0 Å². The molecule has 2 rings (SSSR count). The molecular weight excluding hydrogens is 344 g/mol. The standard InChI is InChI=1S/C21H32N2O4/c1-4-6-12-22-20(25)23-13-8-11-21(16-23,19(24)27-5-2)15-17-9-7-10-18(14-17)26-3/h7,9-10,14H,4-6,8,11-13,15-16H2,1-3H3,(H,22,25)/t21-/m0/s1. The van der Waals surface area contributed by atoms with Crippen LogP contribution in [0, 0.1) is 5.41 Å². The van der Waals surface area contributed by atoms with E-state index < -0.39 is 5.41 Å². The molecule has 1 heterocycles. The Bertz CT molecular complexity index is 634. The summed E-state index contributed by atoms with van der Waals surface area (Å²) in [7, 11) is 1.63. The van der Waals surface area contributed by atoms with Crippen molar-refractivity contribution in [3.63, 3.8) is 0 Å². The van der Waals surface area contributed by atoms with Gasteiger partial charge in [-0.2, -0.15) is 0 Å². The number of hydrogen-bond donors (Lipinski definition) is 1. The number of hydrogen-bond acceptors (Lipinski definition) is 4. The zero-order chi connectivity index (χ0) is 19.7. The smallest absolute Gasteiger partial charge is 0.317 e. The molecule has 0 spiro atoms. The van der Waals surface area contributed by atoms with Crippen molar-refractivity contribution in [2.75, 3.05) is 33.4 Å². The zero-order valence-corrected chi connectivity index (χ0v) is 16.8. The van der Waals surface area contributed by atoms with Crippen LogP contribution in [0.25, 0.3) is 0 Å². The van der Waals surface area contributed by atoms with Crippen LogP contribution < -0.4 is 10.1 Å². The van der Waals surface area contributed by atoms with Crippen molar-refractivity contribution in [1.29, 1.82) is 0 Å². The Balaban J connectivity index is 2.19. The highest BCUT2D eigenvalue weighted by Crippen LogP contribution is 2.36. The summed E-state index contributed by atoms with van der Waals surface area (Å²) in [6, 6.07) is 7.65. The second-order valence-corrected chi connectivity index (χ2v) is 7.14. The van der Waals surface area contributed by atoms with E-state index in [0.717, 1.165) is 30.6 Å². The van der Waals surface area contributed by atoms with Gasteiger partial charge in [-0.25, -0.2) is 4.79 Å². The molecule has 1 aliphatic heterocycles. The number of ether oxygens (including phenoxy) is 2. The Hall–Kier alpha value is -2.24. The van der Waals surface area contributed by atoms with Gasteiger partial charge in [0.1, 0.15) is 5.75 Å². The van der Waals surface area contributed by atoms with Crippen molar-refractivity contribution in [3.8, 4) is 5.75 Å². The normalized spacial score (nSPS) is 19.4. The number of amides is 2. The molecule has 1 saturated heterocycles. The van der Waals surface area contributed by atoms with Crippen molar-refractivity contribution >= 4 is 12.0 Å². The van der Waals surface area contributed by atoms with Gasteiger partial charge in [0.05, 0.1) is 19.1 Å². The van der Waals surface area contributed by atoms with Crippen LogP contribution in [0.15, 0.2) is 24.3 Å². The first-order valence-corrected chi connectivity index (χ1v) is 9.87. The van der Waals surface area contributed by atoms with E-state index >= 15 is 0 Å². The minimum atomic E-state index is -0.720. The van der Waals surface area contributed by atoms with Gasteiger partial charge >= 0.3 is 12.0 Å². The Kier molecular flexibility index (Phi) is 7.95. The lowest BCUT2D eigenvalue weighted by atomic mass is 9.75. The van der Waals surface area contributed by atoms with E-state index in [0.29, 0.717) is 39.1 Å². The summed E-state index contributed by atoms with van der Waals surface area (Å²) in [5.74, 6) is 0.537. The fraction of sp³-hybridized carbons (Fsp3) is 0.619. The van der Waals surface area contributed by atoms with Crippen molar-refractivity contribution in [2.45, 2.75) is 46.0 Å². The van der Waals surface area contributed by atoms with Crippen LogP contribution in [0.5, 0.6) is 5.75 Å². The molecule has 1 fully saturated rings. The molecule has 0 aliphatic carbocycles. The monoisotopic (exact) mass is 376 g/mol. The molecule has 2 amide bonds. The predicted octanol–water partition coefficient (Wildman–Crippen LogP) is 3.39. The second-order valence-electron chi connectivity index (χ2n) is 7.14. The Labute approximate surface area is 162 Å². The molecular formula is C21H32N2O4. The Morgan fingerprint density at radius 1 is 1.30 bits per heavy atom. The van der Waals surface area contributed by atoms with Gasteiger partial charge in [0.25, 0.3) is 0 Å². The third-order valence-corrected chi connectivity index (χ3v) is 5.06. The molecule has 27 heavy (non-hydrogen) atoms. The van der Waals surface area contributed by atoms with E-state index in [-0.39, 0.29) is 12.0 Å². The maximum absolute atomic E-state index is 12.9. The molecule has 0 unspecified atom stereocenters. The van der Waals surface area contributed by atoms with Crippen LogP contribution in [0.4, 0.5) is 4.79 Å². The predicted molar refractivity (Wildman–Crippen MR) is 105 cm³/mol. The Morgan fingerprint density at radius 3 is 2.81 bits per heavy atom. The third-order valence-electron chi connectivity index (χ3n) is 5.06. The largest absolute Gasteiger partial charge is 0.497 e. The van der Waals surface area contributed by atoms with Gasteiger partial charge in [-0.1, -0.05) is 25.5 Å². The molecule has 0 radical (unpaired) electrons. The summed E-state index contributed by atoms with van der Waals surface area (Å²) in [6.07, 6.45) is 4.00. The Morgan fingerprint density at radius 2 is 2.11 bits per heavy atom. The van der Waals surface area contributed by atoms with Gasteiger partial charge in [-0.05, 0) is 50.3 Å². The molecule has 1 aromatic carbocycles. The lowest BCUT2D eigenvalue weighted by Crippen LogP contribution is -2.54. The number of methoxy groups -OCH3 is 1. The minimum absolute atomic E-state index is 0.0949. The van der Waals surface area contributed by atoms with E-state index in [1.165, 1.54) is 0 Å². The first kappa shape index (κ1) is 21.1. The van der Waals surface area contributed by atoms with Crippen molar-refractivity contribution < 1.29 is 19.1 Å². The number of nitrogens with zero attached hydrogens (tertiary/aromatic N) is 1. The van der Waals surface area contributed by atoms with Crippen LogP contribution in [0.3, 0.4) is 0 Å². The molecule has 1 aliphatic rings. The molecule has 1 N–H and O–H groups in total. The molecule has 150 valence electrons. The van der Waals surface area contributed by atoms with Gasteiger partial charge in [-0.15, -0.1) is 0 Å². The molecule has 0 saturated carbocycles. The summed E-state index contributed by atoms with van der Waals surface area (Å²) in [5.41, 5.74) is 0.290. The van der Waals surface area contributed by atoms with E-state index in [9.17, 15) is 9.59 Å². The van der Waals surface area contributed by atoms with Gasteiger partial charge in [0.15, 0.2) is 0 Å². The van der Waals surface area contributed by atoms with Crippen molar-refractivity contribution in [3.05, 3.63) is 29.8 Å². The highest BCUT2D eigenvalue weighted by atomic mass is 16.5. The number of rotatable bonds is 8. The number of piperidine rings is 1. The molecule has 1 atom stereocenters. The number of benzene rings is 1. The first-order valence-electron chi connectivity index (χ1n) is 9.87. The summed E-state index contributed by atoms with van der Waals surface area (Å²) >= 11 is 0. The topological polar surface area (TPSA) is 67.9 Å². The number of unbranched alkanes of at least 4 members (excludes halogenated alkanes) is 1. The molecule has 1 aromatic rings. The molecule has 6 heteroatoms. The van der Waals surface area contributed by atoms with Crippen molar-refractivity contribution in [2.24, 2.45) is 5.41 Å². The second kappa shape index (κ2) is 10.2. The summed E-state index contributed by atoms with van der Waals surface area (Å²) in [6.45, 7) is 5.94. The summed E-state index contributed by atoms with van der Waals surface area (Å²) in [4.78, 5) is 27.2. The van der Waals surface area contributed by atoms with Gasteiger partial charge < -0.3 is 19.7 Å². The zero-order valence-electron chi connectivity index (χ0n) is 16.8. The third kappa shape index (κ3) is 5.62. The van der Waals surface area contributed by atoms with Gasteiger partial charge in [0, 0.05) is 19.6 Å². The van der Waals surface area contributed by atoms with E-state index in [4.69, 9.17) is 9.47 Å². The lowest BCUT2D eigenvalue weighted by molar-refractivity contribution is -0.158. The van der Waals surface area contributed by atoms with Gasteiger partial charge in [0.2, 0.25) is 0 Å². The summed E-state index contributed by atoms with van der Waals surface area (Å²) in [5, 5.41) is 2.96. The SMILES string of the molecule is CCCCNC(=O)N1CCC[C@@](Cc2cccc(OC)c2)(C(=O)OCC)C1. The fourth-order valence-corrected chi connectivity index (χ4v) is 3.63. The summed E-state index contributed by atoms with van der Waals surface area (Å²) < 4.78 is 10.7. The number of carbonyl (C=O) groups is 2. The quantitative estimate of drug-likeness (QED) is 0.558. The number of carbonyl (C=O) groups excluding carboxylic acids is 2.